The fourth-order valence-corrected chi connectivity index (χ4v) is 3.58. The summed E-state index contributed by atoms with van der Waals surface area (Å²) in [5, 5.41) is 0. The van der Waals surface area contributed by atoms with Crippen molar-refractivity contribution in [3.63, 3.8) is 0 Å². The van der Waals surface area contributed by atoms with Gasteiger partial charge in [0.15, 0.2) is 0 Å². The highest BCUT2D eigenvalue weighted by Crippen LogP contribution is 2.50. The molecule has 0 unspecified atom stereocenters. The van der Waals surface area contributed by atoms with Crippen LogP contribution in [-0.4, -0.2) is 0 Å². The lowest BCUT2D eigenvalue weighted by atomic mass is 9.78. The highest BCUT2D eigenvalue weighted by Gasteiger charge is 2.36. The Hall–Kier alpha value is -1.56. The molecule has 0 atom stereocenters. The van der Waals surface area contributed by atoms with Crippen molar-refractivity contribution in [1.82, 2.24) is 0 Å². The Morgan fingerprint density at radius 1 is 0.826 bits per heavy atom. The number of fused-ring (bicyclic) bond motifs is 3. The standard InChI is InChI=1S/C22H28.CH4/c1-14(2)15-8-10-17-18-11-9-16(21(3,4)5)13-20(18)22(6,7)19(17)12-15;/h8-14H,1-7H3;1H4. The summed E-state index contributed by atoms with van der Waals surface area (Å²) < 4.78 is 0. The topological polar surface area (TPSA) is 0 Å². The molecule has 0 aliphatic heterocycles. The number of benzene rings is 2. The third-order valence-corrected chi connectivity index (χ3v) is 5.23. The molecule has 1 aliphatic rings. The lowest BCUT2D eigenvalue weighted by molar-refractivity contribution is 0.584. The summed E-state index contributed by atoms with van der Waals surface area (Å²) in [5.41, 5.74) is 8.97. The molecule has 0 amide bonds. The third kappa shape index (κ3) is 2.73. The molecule has 0 aromatic heterocycles. The predicted molar refractivity (Wildman–Crippen MR) is 104 cm³/mol. The van der Waals surface area contributed by atoms with Gasteiger partial charge >= 0.3 is 0 Å². The molecule has 124 valence electrons. The van der Waals surface area contributed by atoms with E-state index >= 15 is 0 Å². The minimum absolute atomic E-state index is 0. The average Bonchev–Trinajstić information content (AvgIpc) is 2.66. The molecule has 2 aromatic carbocycles. The van der Waals surface area contributed by atoms with E-state index in [2.05, 4.69) is 84.9 Å². The molecular weight excluding hydrogens is 276 g/mol. The van der Waals surface area contributed by atoms with Crippen LogP contribution in [-0.2, 0) is 10.8 Å². The molecule has 0 nitrogen and oxygen atoms in total. The minimum Gasteiger partial charge on any atom is -0.0776 e. The van der Waals surface area contributed by atoms with Gasteiger partial charge in [-0.25, -0.2) is 0 Å². The van der Waals surface area contributed by atoms with Gasteiger partial charge < -0.3 is 0 Å². The summed E-state index contributed by atoms with van der Waals surface area (Å²) in [5.74, 6) is 0.579. The van der Waals surface area contributed by atoms with E-state index < -0.39 is 0 Å². The van der Waals surface area contributed by atoms with Crippen molar-refractivity contribution in [3.05, 3.63) is 58.7 Å². The van der Waals surface area contributed by atoms with Crippen molar-refractivity contribution in [3.8, 4) is 11.1 Å². The van der Waals surface area contributed by atoms with Gasteiger partial charge in [-0.1, -0.05) is 92.3 Å². The van der Waals surface area contributed by atoms with E-state index in [1.54, 1.807) is 0 Å². The Morgan fingerprint density at radius 2 is 1.35 bits per heavy atom. The molecule has 23 heavy (non-hydrogen) atoms. The maximum atomic E-state index is 2.43. The normalized spacial score (nSPS) is 15.1. The summed E-state index contributed by atoms with van der Waals surface area (Å²) in [4.78, 5) is 0. The zero-order valence-corrected chi connectivity index (χ0v) is 15.0. The van der Waals surface area contributed by atoms with Crippen LogP contribution in [0.4, 0.5) is 0 Å². The van der Waals surface area contributed by atoms with E-state index in [9.17, 15) is 0 Å². The molecule has 0 saturated heterocycles. The van der Waals surface area contributed by atoms with Crippen molar-refractivity contribution in [2.75, 3.05) is 0 Å². The van der Waals surface area contributed by atoms with Crippen LogP contribution >= 0.6 is 0 Å². The minimum atomic E-state index is 0. The Kier molecular flexibility index (Phi) is 4.26. The highest BCUT2D eigenvalue weighted by atomic mass is 14.4. The van der Waals surface area contributed by atoms with Gasteiger partial charge in [-0.3, -0.25) is 0 Å². The zero-order valence-electron chi connectivity index (χ0n) is 15.0. The molecule has 0 spiro atoms. The number of rotatable bonds is 1. The molecule has 0 N–H and O–H groups in total. The Morgan fingerprint density at radius 3 is 1.87 bits per heavy atom. The molecule has 0 fully saturated rings. The van der Waals surface area contributed by atoms with Crippen molar-refractivity contribution in [1.29, 1.82) is 0 Å². The first-order chi connectivity index (χ1) is 10.1. The molecule has 0 radical (unpaired) electrons. The van der Waals surface area contributed by atoms with E-state index in [1.165, 1.54) is 33.4 Å². The molecule has 3 rings (SSSR count). The van der Waals surface area contributed by atoms with Crippen LogP contribution in [0.25, 0.3) is 11.1 Å². The van der Waals surface area contributed by atoms with Gasteiger partial charge in [0.05, 0.1) is 0 Å². The van der Waals surface area contributed by atoms with Crippen molar-refractivity contribution >= 4 is 0 Å². The van der Waals surface area contributed by atoms with Crippen LogP contribution in [0.2, 0.25) is 0 Å². The fourth-order valence-electron chi connectivity index (χ4n) is 3.58. The van der Waals surface area contributed by atoms with Gasteiger partial charge in [0.2, 0.25) is 0 Å². The molecule has 0 heteroatoms. The van der Waals surface area contributed by atoms with Gasteiger partial charge in [-0.15, -0.1) is 0 Å². The third-order valence-electron chi connectivity index (χ3n) is 5.23. The van der Waals surface area contributed by atoms with E-state index in [-0.39, 0.29) is 18.3 Å². The van der Waals surface area contributed by atoms with E-state index in [0.29, 0.717) is 5.92 Å². The number of hydrogen-bond acceptors (Lipinski definition) is 0. The van der Waals surface area contributed by atoms with E-state index in [0.717, 1.165) is 0 Å². The first kappa shape index (κ1) is 17.8. The van der Waals surface area contributed by atoms with E-state index in [1.807, 2.05) is 0 Å². The van der Waals surface area contributed by atoms with Crippen molar-refractivity contribution < 1.29 is 0 Å². The Bertz CT molecular complexity index is 724. The monoisotopic (exact) mass is 308 g/mol. The van der Waals surface area contributed by atoms with Gasteiger partial charge in [-0.2, -0.15) is 0 Å². The number of hydrogen-bond donors (Lipinski definition) is 0. The van der Waals surface area contributed by atoms with Crippen LogP contribution < -0.4 is 0 Å². The second-order valence-electron chi connectivity index (χ2n) is 8.60. The second kappa shape index (κ2) is 5.51. The smallest absolute Gasteiger partial charge is 0.0159 e. The quantitative estimate of drug-likeness (QED) is 0.529. The van der Waals surface area contributed by atoms with Gasteiger partial charge in [0.25, 0.3) is 0 Å². The Balaban J connectivity index is 0.00000192. The molecule has 1 aliphatic carbocycles. The molecular formula is C23H32. The predicted octanol–water partition coefficient (Wildman–Crippen LogP) is 7.05. The van der Waals surface area contributed by atoms with Crippen LogP contribution in [0.1, 0.15) is 84.1 Å². The first-order valence-corrected chi connectivity index (χ1v) is 8.42. The second-order valence-corrected chi connectivity index (χ2v) is 8.60. The summed E-state index contributed by atoms with van der Waals surface area (Å²) >= 11 is 0. The van der Waals surface area contributed by atoms with Crippen LogP contribution in [0.15, 0.2) is 36.4 Å². The molecule has 0 bridgehead atoms. The lowest BCUT2D eigenvalue weighted by Gasteiger charge is -2.25. The van der Waals surface area contributed by atoms with Gasteiger partial charge in [0.1, 0.15) is 0 Å². The summed E-state index contributed by atoms with van der Waals surface area (Å²) in [7, 11) is 0. The van der Waals surface area contributed by atoms with Crippen molar-refractivity contribution in [2.24, 2.45) is 0 Å². The van der Waals surface area contributed by atoms with Crippen molar-refractivity contribution in [2.45, 2.75) is 72.6 Å². The highest BCUT2D eigenvalue weighted by molar-refractivity contribution is 5.81. The van der Waals surface area contributed by atoms with E-state index in [4.69, 9.17) is 0 Å². The summed E-state index contributed by atoms with van der Waals surface area (Å²) in [6.45, 7) is 16.2. The van der Waals surface area contributed by atoms with Crippen LogP contribution in [0, 0.1) is 0 Å². The van der Waals surface area contributed by atoms with Crippen LogP contribution in [0.5, 0.6) is 0 Å². The summed E-state index contributed by atoms with van der Waals surface area (Å²) in [6.07, 6.45) is 0. The van der Waals surface area contributed by atoms with Gasteiger partial charge in [0, 0.05) is 5.41 Å². The van der Waals surface area contributed by atoms with Crippen LogP contribution in [0.3, 0.4) is 0 Å². The maximum absolute atomic E-state index is 2.43. The zero-order chi connectivity index (χ0) is 16.3. The summed E-state index contributed by atoms with van der Waals surface area (Å²) in [6, 6.07) is 14.1. The lowest BCUT2D eigenvalue weighted by Crippen LogP contribution is -2.18. The molecule has 0 saturated carbocycles. The molecule has 0 heterocycles. The first-order valence-electron chi connectivity index (χ1n) is 8.42. The Labute approximate surface area is 143 Å². The molecule has 2 aromatic rings. The average molecular weight is 309 g/mol. The maximum Gasteiger partial charge on any atom is 0.0159 e. The fraction of sp³-hybridized carbons (Fsp3) is 0.478. The van der Waals surface area contributed by atoms with Gasteiger partial charge in [-0.05, 0) is 44.7 Å². The SMILES string of the molecule is C.CC(C)c1ccc2c(c1)C(C)(C)c1cc(C(C)(C)C)ccc1-2. The largest absolute Gasteiger partial charge is 0.0776 e.